The molecule has 1 aliphatic heterocycles. The van der Waals surface area contributed by atoms with Crippen LogP contribution in [-0.4, -0.2) is 30.4 Å². The second-order valence-corrected chi connectivity index (χ2v) is 7.03. The van der Waals surface area contributed by atoms with Crippen molar-refractivity contribution in [1.29, 1.82) is 0 Å². The zero-order valence-corrected chi connectivity index (χ0v) is 14.3. The number of piperidine rings is 1. The Morgan fingerprint density at radius 2 is 1.90 bits per heavy atom. The largest absolute Gasteiger partial charge is 0.322 e. The van der Waals surface area contributed by atoms with Gasteiger partial charge in [0, 0.05) is 13.1 Å². The monoisotopic (exact) mass is 328 g/mol. The third-order valence-electron chi connectivity index (χ3n) is 3.86. The molecule has 1 aliphatic rings. The van der Waals surface area contributed by atoms with Crippen LogP contribution < -0.4 is 5.32 Å². The highest BCUT2D eigenvalue weighted by Crippen LogP contribution is 2.32. The SMILES string of the molecule is Cc1ccc(Cl)c(NC(=O)CN2C[C@H](C)C[C@H](C)C2)c1Cl. The summed E-state index contributed by atoms with van der Waals surface area (Å²) in [6, 6.07) is 3.59. The molecule has 2 atom stereocenters. The van der Waals surface area contributed by atoms with Crippen LogP contribution in [0.25, 0.3) is 0 Å². The van der Waals surface area contributed by atoms with E-state index in [0.717, 1.165) is 18.7 Å². The number of rotatable bonds is 3. The topological polar surface area (TPSA) is 32.3 Å². The van der Waals surface area contributed by atoms with Crippen molar-refractivity contribution in [2.45, 2.75) is 27.2 Å². The Balaban J connectivity index is 2.01. The second-order valence-electron chi connectivity index (χ2n) is 6.24. The fraction of sp³-hybridized carbons (Fsp3) is 0.562. The van der Waals surface area contributed by atoms with E-state index in [4.69, 9.17) is 23.2 Å². The number of nitrogens with zero attached hydrogens (tertiary/aromatic N) is 1. The average Bonchev–Trinajstić information content (AvgIpc) is 2.38. The Bertz CT molecular complexity index is 523. The number of nitrogens with one attached hydrogen (secondary N) is 1. The first kappa shape index (κ1) is 16.6. The van der Waals surface area contributed by atoms with E-state index < -0.39 is 0 Å². The van der Waals surface area contributed by atoms with Crippen molar-refractivity contribution in [3.8, 4) is 0 Å². The molecule has 1 aromatic carbocycles. The van der Waals surface area contributed by atoms with E-state index in [2.05, 4.69) is 24.1 Å². The molecule has 5 heteroatoms. The smallest absolute Gasteiger partial charge is 0.238 e. The number of hydrogen-bond donors (Lipinski definition) is 1. The first-order chi connectivity index (χ1) is 9.86. The maximum absolute atomic E-state index is 12.2. The van der Waals surface area contributed by atoms with E-state index in [-0.39, 0.29) is 5.91 Å². The van der Waals surface area contributed by atoms with Crippen LogP contribution in [0.4, 0.5) is 5.69 Å². The molecule has 1 amide bonds. The van der Waals surface area contributed by atoms with Gasteiger partial charge in [-0.25, -0.2) is 0 Å². The van der Waals surface area contributed by atoms with E-state index in [9.17, 15) is 4.79 Å². The molecule has 0 aromatic heterocycles. The van der Waals surface area contributed by atoms with Gasteiger partial charge in [0.2, 0.25) is 5.91 Å². The number of likely N-dealkylation sites (tertiary alicyclic amines) is 1. The molecule has 0 radical (unpaired) electrons. The molecule has 1 aromatic rings. The normalized spacial score (nSPS) is 23.1. The molecule has 1 saturated heterocycles. The summed E-state index contributed by atoms with van der Waals surface area (Å²) in [5, 5.41) is 3.83. The summed E-state index contributed by atoms with van der Waals surface area (Å²) in [5.74, 6) is 1.20. The Kier molecular flexibility index (Phi) is 5.53. The molecule has 1 fully saturated rings. The highest BCUT2D eigenvalue weighted by atomic mass is 35.5. The lowest BCUT2D eigenvalue weighted by Crippen LogP contribution is -2.42. The molecule has 0 spiro atoms. The number of carbonyl (C=O) groups is 1. The van der Waals surface area contributed by atoms with Crippen LogP contribution in [0.3, 0.4) is 0 Å². The van der Waals surface area contributed by atoms with Gasteiger partial charge in [0.05, 0.1) is 22.3 Å². The molecule has 0 saturated carbocycles. The van der Waals surface area contributed by atoms with Gasteiger partial charge in [0.1, 0.15) is 0 Å². The van der Waals surface area contributed by atoms with Crippen molar-refractivity contribution in [3.63, 3.8) is 0 Å². The third kappa shape index (κ3) is 4.35. The fourth-order valence-electron chi connectivity index (χ4n) is 3.07. The van der Waals surface area contributed by atoms with Crippen LogP contribution in [0.5, 0.6) is 0 Å². The highest BCUT2D eigenvalue weighted by Gasteiger charge is 2.23. The summed E-state index contributed by atoms with van der Waals surface area (Å²) < 4.78 is 0. The number of carbonyl (C=O) groups excluding carboxylic acids is 1. The molecule has 21 heavy (non-hydrogen) atoms. The fourth-order valence-corrected chi connectivity index (χ4v) is 3.54. The van der Waals surface area contributed by atoms with Crippen LogP contribution in [0.15, 0.2) is 12.1 Å². The lowest BCUT2D eigenvalue weighted by Gasteiger charge is -2.34. The summed E-state index contributed by atoms with van der Waals surface area (Å²) >= 11 is 12.3. The number of aryl methyl sites for hydroxylation is 1. The summed E-state index contributed by atoms with van der Waals surface area (Å²) in [5.41, 5.74) is 1.41. The quantitative estimate of drug-likeness (QED) is 0.900. The molecule has 0 bridgehead atoms. The van der Waals surface area contributed by atoms with E-state index in [0.29, 0.717) is 34.1 Å². The van der Waals surface area contributed by atoms with E-state index >= 15 is 0 Å². The molecular weight excluding hydrogens is 307 g/mol. The minimum Gasteiger partial charge on any atom is -0.322 e. The molecular formula is C16H22Cl2N2O. The van der Waals surface area contributed by atoms with Gasteiger partial charge >= 0.3 is 0 Å². The summed E-state index contributed by atoms with van der Waals surface area (Å²) in [7, 11) is 0. The van der Waals surface area contributed by atoms with Crippen molar-refractivity contribution in [2.75, 3.05) is 25.0 Å². The van der Waals surface area contributed by atoms with Gasteiger partial charge < -0.3 is 5.32 Å². The van der Waals surface area contributed by atoms with Gasteiger partial charge in [-0.05, 0) is 36.8 Å². The number of hydrogen-bond acceptors (Lipinski definition) is 2. The van der Waals surface area contributed by atoms with Crippen LogP contribution in [0, 0.1) is 18.8 Å². The summed E-state index contributed by atoms with van der Waals surface area (Å²) in [6.45, 7) is 8.67. The molecule has 1 N–H and O–H groups in total. The van der Waals surface area contributed by atoms with Crippen LogP contribution in [0.1, 0.15) is 25.8 Å². The van der Waals surface area contributed by atoms with Crippen molar-refractivity contribution >= 4 is 34.8 Å². The Morgan fingerprint density at radius 1 is 1.29 bits per heavy atom. The maximum atomic E-state index is 12.2. The average molecular weight is 329 g/mol. The van der Waals surface area contributed by atoms with Crippen molar-refractivity contribution in [1.82, 2.24) is 4.90 Å². The van der Waals surface area contributed by atoms with Gasteiger partial charge in [0.25, 0.3) is 0 Å². The molecule has 0 aliphatic carbocycles. The number of benzene rings is 1. The zero-order chi connectivity index (χ0) is 15.6. The maximum Gasteiger partial charge on any atom is 0.238 e. The molecule has 0 unspecified atom stereocenters. The second kappa shape index (κ2) is 6.99. The van der Waals surface area contributed by atoms with Crippen molar-refractivity contribution < 1.29 is 4.79 Å². The first-order valence-corrected chi connectivity index (χ1v) is 8.09. The third-order valence-corrected chi connectivity index (χ3v) is 4.66. The minimum absolute atomic E-state index is 0.0642. The van der Waals surface area contributed by atoms with Gasteiger partial charge in [-0.15, -0.1) is 0 Å². The van der Waals surface area contributed by atoms with Gasteiger partial charge in [-0.1, -0.05) is 43.1 Å². The Labute approximate surface area is 136 Å². The molecule has 2 rings (SSSR count). The zero-order valence-electron chi connectivity index (χ0n) is 12.7. The molecule has 1 heterocycles. The van der Waals surface area contributed by atoms with Gasteiger partial charge in [-0.3, -0.25) is 9.69 Å². The van der Waals surface area contributed by atoms with E-state index in [1.54, 1.807) is 6.07 Å². The Morgan fingerprint density at radius 3 is 2.52 bits per heavy atom. The molecule has 3 nitrogen and oxygen atoms in total. The Hall–Kier alpha value is -0.770. The number of amides is 1. The van der Waals surface area contributed by atoms with Crippen molar-refractivity contribution in [3.05, 3.63) is 27.7 Å². The van der Waals surface area contributed by atoms with Crippen LogP contribution in [0.2, 0.25) is 10.0 Å². The first-order valence-electron chi connectivity index (χ1n) is 7.33. The predicted molar refractivity (Wildman–Crippen MR) is 89.2 cm³/mol. The van der Waals surface area contributed by atoms with Gasteiger partial charge in [-0.2, -0.15) is 0 Å². The van der Waals surface area contributed by atoms with Gasteiger partial charge in [0.15, 0.2) is 0 Å². The lowest BCUT2D eigenvalue weighted by molar-refractivity contribution is -0.117. The lowest BCUT2D eigenvalue weighted by atomic mass is 9.92. The minimum atomic E-state index is -0.0642. The number of halogens is 2. The number of anilines is 1. The van der Waals surface area contributed by atoms with E-state index in [1.165, 1.54) is 6.42 Å². The molecule has 116 valence electrons. The highest BCUT2D eigenvalue weighted by molar-refractivity contribution is 6.40. The predicted octanol–water partition coefficient (Wildman–Crippen LogP) is 4.22. The van der Waals surface area contributed by atoms with Crippen LogP contribution in [-0.2, 0) is 4.79 Å². The van der Waals surface area contributed by atoms with Crippen molar-refractivity contribution in [2.24, 2.45) is 11.8 Å². The summed E-state index contributed by atoms with van der Waals surface area (Å²) in [4.78, 5) is 14.4. The summed E-state index contributed by atoms with van der Waals surface area (Å²) in [6.07, 6.45) is 1.23. The van der Waals surface area contributed by atoms with E-state index in [1.807, 2.05) is 13.0 Å². The van der Waals surface area contributed by atoms with Crippen LogP contribution >= 0.6 is 23.2 Å². The standard InChI is InChI=1S/C16H22Cl2N2O/c1-10-6-11(2)8-20(7-10)9-14(21)19-16-13(17)5-4-12(3)15(16)18/h4-5,10-11H,6-9H2,1-3H3,(H,19,21)/t10-,11+.